The van der Waals surface area contributed by atoms with Crippen LogP contribution in [0.15, 0.2) is 41.0 Å². The predicted octanol–water partition coefficient (Wildman–Crippen LogP) is 3.38. The third-order valence-electron chi connectivity index (χ3n) is 3.20. The molecule has 1 amide bonds. The Morgan fingerprint density at radius 3 is 2.42 bits per heavy atom. The summed E-state index contributed by atoms with van der Waals surface area (Å²) in [6, 6.07) is 8.20. The lowest BCUT2D eigenvalue weighted by Gasteiger charge is -2.18. The average molecular weight is 391 g/mol. The van der Waals surface area contributed by atoms with E-state index >= 15 is 0 Å². The molecule has 2 rings (SSSR count). The lowest BCUT2D eigenvalue weighted by atomic mass is 10.3. The fourth-order valence-corrected chi connectivity index (χ4v) is 3.26. The van der Waals surface area contributed by atoms with Crippen LogP contribution in [-0.4, -0.2) is 31.4 Å². The number of halogens is 2. The highest BCUT2D eigenvalue weighted by Crippen LogP contribution is 2.29. The van der Waals surface area contributed by atoms with Gasteiger partial charge in [-0.15, -0.1) is 0 Å². The highest BCUT2D eigenvalue weighted by atomic mass is 35.5. The lowest BCUT2D eigenvalue weighted by Crippen LogP contribution is -2.32. The van der Waals surface area contributed by atoms with E-state index in [1.54, 1.807) is 30.3 Å². The quantitative estimate of drug-likeness (QED) is 0.785. The molecule has 0 unspecified atom stereocenters. The summed E-state index contributed by atoms with van der Waals surface area (Å²) in [6.45, 7) is 0.0689. The number of anilines is 1. The molecule has 1 N–H and O–H groups in total. The smallest absolute Gasteiger partial charge is 0.225 e. The Balaban J connectivity index is 2.00. The van der Waals surface area contributed by atoms with Gasteiger partial charge in [0.1, 0.15) is 5.76 Å². The molecule has 24 heavy (non-hydrogen) atoms. The number of amides is 1. The molecule has 9 heteroatoms. The zero-order valence-electron chi connectivity index (χ0n) is 12.8. The second kappa shape index (κ2) is 8.02. The van der Waals surface area contributed by atoms with Crippen LogP contribution in [0, 0.1) is 0 Å². The highest BCUT2D eigenvalue weighted by molar-refractivity contribution is 7.88. The molecular weight excluding hydrogens is 375 g/mol. The van der Waals surface area contributed by atoms with Crippen LogP contribution in [0.2, 0.25) is 10.0 Å². The summed E-state index contributed by atoms with van der Waals surface area (Å²) in [6.07, 6.45) is 2.50. The van der Waals surface area contributed by atoms with E-state index in [4.69, 9.17) is 27.6 Å². The molecular formula is C15H16Cl2N2O4S. The molecule has 2 aromatic rings. The van der Waals surface area contributed by atoms with Gasteiger partial charge in [-0.1, -0.05) is 29.3 Å². The van der Waals surface area contributed by atoms with E-state index in [9.17, 15) is 13.2 Å². The molecule has 0 atom stereocenters. The fourth-order valence-electron chi connectivity index (χ4n) is 1.98. The normalized spacial score (nSPS) is 11.7. The number of rotatable bonds is 7. The predicted molar refractivity (Wildman–Crippen MR) is 93.7 cm³/mol. The average Bonchev–Trinajstić information content (AvgIpc) is 2.99. The van der Waals surface area contributed by atoms with Crippen molar-refractivity contribution in [1.82, 2.24) is 4.31 Å². The summed E-state index contributed by atoms with van der Waals surface area (Å²) in [5.74, 6) is 0.105. The number of nitrogens with zero attached hydrogens (tertiary/aromatic N) is 1. The Kier molecular flexibility index (Phi) is 6.28. The molecule has 1 aromatic carbocycles. The summed E-state index contributed by atoms with van der Waals surface area (Å²) in [4.78, 5) is 12.1. The maximum atomic E-state index is 12.1. The van der Waals surface area contributed by atoms with Gasteiger partial charge >= 0.3 is 0 Å². The van der Waals surface area contributed by atoms with Gasteiger partial charge in [-0.05, 0) is 24.3 Å². The first-order chi connectivity index (χ1) is 11.3. The van der Waals surface area contributed by atoms with Gasteiger partial charge in [0.05, 0.1) is 34.8 Å². The van der Waals surface area contributed by atoms with Crippen molar-refractivity contribution in [1.29, 1.82) is 0 Å². The van der Waals surface area contributed by atoms with Crippen molar-refractivity contribution in [2.75, 3.05) is 18.1 Å². The molecule has 0 saturated carbocycles. The third kappa shape index (κ3) is 5.24. The van der Waals surface area contributed by atoms with Gasteiger partial charge in [-0.2, -0.15) is 4.31 Å². The number of sulfonamides is 1. The van der Waals surface area contributed by atoms with Crippen molar-refractivity contribution in [3.05, 3.63) is 52.4 Å². The largest absolute Gasteiger partial charge is 0.468 e. The van der Waals surface area contributed by atoms with Gasteiger partial charge in [-0.3, -0.25) is 4.79 Å². The molecule has 0 aliphatic carbocycles. The molecule has 0 radical (unpaired) electrons. The number of hydrogen-bond acceptors (Lipinski definition) is 4. The van der Waals surface area contributed by atoms with E-state index in [1.807, 2.05) is 0 Å². The number of hydrogen-bond donors (Lipinski definition) is 1. The highest BCUT2D eigenvalue weighted by Gasteiger charge is 2.20. The van der Waals surface area contributed by atoms with E-state index in [0.717, 1.165) is 6.26 Å². The molecule has 0 aliphatic heterocycles. The van der Waals surface area contributed by atoms with Crippen LogP contribution < -0.4 is 5.32 Å². The Labute approximate surface area is 150 Å². The van der Waals surface area contributed by atoms with E-state index in [-0.39, 0.29) is 19.5 Å². The van der Waals surface area contributed by atoms with Crippen LogP contribution in [0.1, 0.15) is 12.2 Å². The van der Waals surface area contributed by atoms with E-state index in [2.05, 4.69) is 5.32 Å². The molecule has 0 saturated heterocycles. The summed E-state index contributed by atoms with van der Waals surface area (Å²) >= 11 is 12.0. The minimum atomic E-state index is -3.48. The SMILES string of the molecule is CS(=O)(=O)N(CCC(=O)Nc1c(Cl)cccc1Cl)Cc1ccco1. The molecule has 1 aromatic heterocycles. The monoisotopic (exact) mass is 390 g/mol. The molecule has 130 valence electrons. The Hall–Kier alpha value is -1.54. The molecule has 0 bridgehead atoms. The van der Waals surface area contributed by atoms with Crippen molar-refractivity contribution >= 4 is 44.8 Å². The van der Waals surface area contributed by atoms with Crippen molar-refractivity contribution < 1.29 is 17.6 Å². The van der Waals surface area contributed by atoms with Gasteiger partial charge in [0.25, 0.3) is 0 Å². The number of carbonyl (C=O) groups is 1. The molecule has 0 aliphatic rings. The van der Waals surface area contributed by atoms with Gasteiger partial charge in [0.15, 0.2) is 0 Å². The maximum Gasteiger partial charge on any atom is 0.225 e. The second-order valence-electron chi connectivity index (χ2n) is 5.07. The number of carbonyl (C=O) groups excluding carboxylic acids is 1. The lowest BCUT2D eigenvalue weighted by molar-refractivity contribution is -0.116. The summed E-state index contributed by atoms with van der Waals surface area (Å²) in [5.41, 5.74) is 0.308. The standard InChI is InChI=1S/C15H16Cl2N2O4S/c1-24(21,22)19(10-11-4-3-9-23-11)8-7-14(20)18-15-12(16)5-2-6-13(15)17/h2-6,9H,7-8,10H2,1H3,(H,18,20). The number of nitrogens with one attached hydrogen (secondary N) is 1. The van der Waals surface area contributed by atoms with Crippen LogP contribution in [0.25, 0.3) is 0 Å². The van der Waals surface area contributed by atoms with Crippen LogP contribution in [0.3, 0.4) is 0 Å². The van der Waals surface area contributed by atoms with Gasteiger partial charge < -0.3 is 9.73 Å². The molecule has 0 spiro atoms. The number of para-hydroxylation sites is 1. The number of benzene rings is 1. The van der Waals surface area contributed by atoms with Crippen molar-refractivity contribution in [2.45, 2.75) is 13.0 Å². The Morgan fingerprint density at radius 1 is 1.21 bits per heavy atom. The zero-order valence-corrected chi connectivity index (χ0v) is 15.2. The second-order valence-corrected chi connectivity index (χ2v) is 7.87. The fraction of sp³-hybridized carbons (Fsp3) is 0.267. The van der Waals surface area contributed by atoms with E-state index in [1.165, 1.54) is 10.6 Å². The minimum absolute atomic E-state index is 0.00738. The Bertz CT molecular complexity index is 787. The third-order valence-corrected chi connectivity index (χ3v) is 5.08. The molecule has 1 heterocycles. The van der Waals surface area contributed by atoms with Crippen LogP contribution in [0.5, 0.6) is 0 Å². The van der Waals surface area contributed by atoms with E-state index in [0.29, 0.717) is 21.5 Å². The Morgan fingerprint density at radius 2 is 1.88 bits per heavy atom. The first-order valence-corrected chi connectivity index (χ1v) is 9.59. The topological polar surface area (TPSA) is 79.6 Å². The van der Waals surface area contributed by atoms with Gasteiger partial charge in [0, 0.05) is 13.0 Å². The zero-order chi connectivity index (χ0) is 17.7. The first kappa shape index (κ1) is 18.8. The van der Waals surface area contributed by atoms with Crippen LogP contribution in [-0.2, 0) is 21.4 Å². The minimum Gasteiger partial charge on any atom is -0.468 e. The summed E-state index contributed by atoms with van der Waals surface area (Å²) < 4.78 is 30.0. The molecule has 0 fully saturated rings. The van der Waals surface area contributed by atoms with Crippen LogP contribution >= 0.6 is 23.2 Å². The first-order valence-electron chi connectivity index (χ1n) is 6.98. The number of furan rings is 1. The van der Waals surface area contributed by atoms with Gasteiger partial charge in [0.2, 0.25) is 15.9 Å². The van der Waals surface area contributed by atoms with Crippen molar-refractivity contribution in [2.24, 2.45) is 0 Å². The van der Waals surface area contributed by atoms with Crippen molar-refractivity contribution in [3.63, 3.8) is 0 Å². The van der Waals surface area contributed by atoms with Gasteiger partial charge in [-0.25, -0.2) is 8.42 Å². The van der Waals surface area contributed by atoms with E-state index < -0.39 is 15.9 Å². The van der Waals surface area contributed by atoms with Crippen LogP contribution in [0.4, 0.5) is 5.69 Å². The summed E-state index contributed by atoms with van der Waals surface area (Å²) in [5, 5.41) is 3.22. The molecule has 6 nitrogen and oxygen atoms in total. The van der Waals surface area contributed by atoms with Crippen molar-refractivity contribution in [3.8, 4) is 0 Å². The maximum absolute atomic E-state index is 12.1. The summed E-state index contributed by atoms with van der Waals surface area (Å²) in [7, 11) is -3.48.